The maximum absolute atomic E-state index is 11.3. The summed E-state index contributed by atoms with van der Waals surface area (Å²) in [6, 6.07) is 0. The van der Waals surface area contributed by atoms with Crippen LogP contribution >= 0.6 is 0 Å². The van der Waals surface area contributed by atoms with Crippen LogP contribution in [-0.4, -0.2) is 38.2 Å². The molecule has 130 valence electrons. The first kappa shape index (κ1) is 17.9. The molecule has 0 spiro atoms. The molecule has 2 aromatic rings. The first-order valence-electron chi connectivity index (χ1n) is 8.12. The maximum atomic E-state index is 11.3. The van der Waals surface area contributed by atoms with Gasteiger partial charge in [0.05, 0.1) is 19.0 Å². The molecule has 2 unspecified atom stereocenters. The lowest BCUT2D eigenvalue weighted by Crippen LogP contribution is -2.10. The van der Waals surface area contributed by atoms with Crippen molar-refractivity contribution in [2.24, 2.45) is 0 Å². The molecule has 1 aliphatic heterocycles. The highest BCUT2D eigenvalue weighted by molar-refractivity contribution is 5.82. The van der Waals surface area contributed by atoms with Gasteiger partial charge in [-0.25, -0.2) is 19.7 Å². The second-order valence-corrected chi connectivity index (χ2v) is 4.90. The zero-order valence-corrected chi connectivity index (χ0v) is 14.2. The SMILES string of the molecule is CC.CCOC(=O)/C=C/C1CCC(n2cnc3c(N)ncnc32)O1. The predicted octanol–water partition coefficient (Wildman–Crippen LogP) is 2.23. The molecule has 24 heavy (non-hydrogen) atoms. The van der Waals surface area contributed by atoms with E-state index in [9.17, 15) is 4.79 Å². The van der Waals surface area contributed by atoms with Crippen molar-refractivity contribution in [3.63, 3.8) is 0 Å². The van der Waals surface area contributed by atoms with E-state index in [2.05, 4.69) is 15.0 Å². The summed E-state index contributed by atoms with van der Waals surface area (Å²) in [6.45, 7) is 6.13. The molecular weight excluding hydrogens is 310 g/mol. The number of fused-ring (bicyclic) bond motifs is 1. The van der Waals surface area contributed by atoms with Gasteiger partial charge in [-0.05, 0) is 25.8 Å². The second kappa shape index (κ2) is 8.39. The van der Waals surface area contributed by atoms with Crippen LogP contribution < -0.4 is 5.73 Å². The number of carbonyl (C=O) groups is 1. The average Bonchev–Trinajstić information content (AvgIpc) is 3.22. The van der Waals surface area contributed by atoms with Crippen molar-refractivity contribution in [2.75, 3.05) is 12.3 Å². The number of nitrogens with zero attached hydrogens (tertiary/aromatic N) is 4. The molecule has 3 rings (SSSR count). The van der Waals surface area contributed by atoms with Crippen LogP contribution in [0.25, 0.3) is 11.2 Å². The summed E-state index contributed by atoms with van der Waals surface area (Å²) in [5, 5.41) is 0. The van der Waals surface area contributed by atoms with E-state index in [-0.39, 0.29) is 18.3 Å². The second-order valence-electron chi connectivity index (χ2n) is 4.90. The van der Waals surface area contributed by atoms with Crippen molar-refractivity contribution in [3.8, 4) is 0 Å². The van der Waals surface area contributed by atoms with E-state index >= 15 is 0 Å². The van der Waals surface area contributed by atoms with E-state index in [0.717, 1.165) is 12.8 Å². The molecule has 0 saturated carbocycles. The highest BCUT2D eigenvalue weighted by Gasteiger charge is 2.26. The number of ether oxygens (including phenoxy) is 2. The summed E-state index contributed by atoms with van der Waals surface area (Å²) < 4.78 is 12.6. The third-order valence-electron chi connectivity index (χ3n) is 3.46. The van der Waals surface area contributed by atoms with Gasteiger partial charge in [-0.3, -0.25) is 4.57 Å². The van der Waals surface area contributed by atoms with Crippen molar-refractivity contribution >= 4 is 23.0 Å². The van der Waals surface area contributed by atoms with Crippen LogP contribution in [0.3, 0.4) is 0 Å². The first-order valence-corrected chi connectivity index (χ1v) is 8.12. The molecule has 1 aliphatic rings. The number of nitrogen functional groups attached to an aromatic ring is 1. The van der Waals surface area contributed by atoms with Crippen LogP contribution in [0.2, 0.25) is 0 Å². The Balaban J connectivity index is 0.00000100. The first-order chi connectivity index (χ1) is 11.7. The number of nitrogens with two attached hydrogens (primary N) is 1. The minimum Gasteiger partial charge on any atom is -0.463 e. The van der Waals surface area contributed by atoms with Gasteiger partial charge in [0.15, 0.2) is 11.5 Å². The van der Waals surface area contributed by atoms with Crippen molar-refractivity contribution in [2.45, 2.75) is 45.9 Å². The van der Waals surface area contributed by atoms with Gasteiger partial charge in [-0.2, -0.15) is 0 Å². The Morgan fingerprint density at radius 1 is 1.42 bits per heavy atom. The Bertz CT molecular complexity index is 713. The van der Waals surface area contributed by atoms with Crippen LogP contribution in [-0.2, 0) is 14.3 Å². The van der Waals surface area contributed by atoms with Crippen molar-refractivity contribution in [1.29, 1.82) is 0 Å². The van der Waals surface area contributed by atoms with Gasteiger partial charge in [0, 0.05) is 6.08 Å². The predicted molar refractivity (Wildman–Crippen MR) is 90.0 cm³/mol. The molecular formula is C16H23N5O3. The molecule has 2 aromatic heterocycles. The summed E-state index contributed by atoms with van der Waals surface area (Å²) in [5.74, 6) is -0.0105. The van der Waals surface area contributed by atoms with Crippen LogP contribution in [0.5, 0.6) is 0 Å². The molecule has 0 amide bonds. The fourth-order valence-electron chi connectivity index (χ4n) is 2.45. The summed E-state index contributed by atoms with van der Waals surface area (Å²) in [6.07, 6.45) is 7.47. The fourth-order valence-corrected chi connectivity index (χ4v) is 2.45. The zero-order valence-electron chi connectivity index (χ0n) is 14.2. The highest BCUT2D eigenvalue weighted by atomic mass is 16.5. The number of hydrogen-bond donors (Lipinski definition) is 1. The molecule has 0 radical (unpaired) electrons. The Labute approximate surface area is 140 Å². The molecule has 3 heterocycles. The van der Waals surface area contributed by atoms with E-state index in [1.54, 1.807) is 19.3 Å². The van der Waals surface area contributed by atoms with Gasteiger partial charge in [-0.1, -0.05) is 13.8 Å². The van der Waals surface area contributed by atoms with Gasteiger partial charge in [0.1, 0.15) is 18.1 Å². The fraction of sp³-hybridized carbons (Fsp3) is 0.500. The normalized spacial score (nSPS) is 20.1. The highest BCUT2D eigenvalue weighted by Crippen LogP contribution is 2.31. The van der Waals surface area contributed by atoms with Crippen LogP contribution in [0, 0.1) is 0 Å². The number of aromatic nitrogens is 4. The molecule has 2 atom stereocenters. The molecule has 1 fully saturated rings. The van der Waals surface area contributed by atoms with E-state index in [4.69, 9.17) is 15.2 Å². The Kier molecular flexibility index (Phi) is 6.25. The lowest BCUT2D eigenvalue weighted by Gasteiger charge is -2.13. The topological polar surface area (TPSA) is 105 Å². The third kappa shape index (κ3) is 3.88. The number of carbonyl (C=O) groups excluding carboxylic acids is 1. The maximum Gasteiger partial charge on any atom is 0.330 e. The van der Waals surface area contributed by atoms with Crippen LogP contribution in [0.1, 0.15) is 39.8 Å². The zero-order chi connectivity index (χ0) is 17.5. The van der Waals surface area contributed by atoms with E-state index in [1.807, 2.05) is 18.4 Å². The smallest absolute Gasteiger partial charge is 0.330 e. The minimum absolute atomic E-state index is 0.133. The van der Waals surface area contributed by atoms with Crippen molar-refractivity contribution in [3.05, 3.63) is 24.8 Å². The van der Waals surface area contributed by atoms with Gasteiger partial charge < -0.3 is 15.2 Å². The molecule has 8 heteroatoms. The lowest BCUT2D eigenvalue weighted by molar-refractivity contribution is -0.137. The van der Waals surface area contributed by atoms with E-state index < -0.39 is 0 Å². The van der Waals surface area contributed by atoms with Gasteiger partial charge >= 0.3 is 5.97 Å². The number of imidazole rings is 1. The van der Waals surface area contributed by atoms with E-state index in [1.165, 1.54) is 12.4 Å². The Morgan fingerprint density at radius 3 is 2.96 bits per heavy atom. The molecule has 8 nitrogen and oxygen atoms in total. The van der Waals surface area contributed by atoms with Crippen molar-refractivity contribution < 1.29 is 14.3 Å². The van der Waals surface area contributed by atoms with Crippen molar-refractivity contribution in [1.82, 2.24) is 19.5 Å². The molecule has 0 bridgehead atoms. The number of esters is 1. The van der Waals surface area contributed by atoms with Crippen LogP contribution in [0.15, 0.2) is 24.8 Å². The van der Waals surface area contributed by atoms with Gasteiger partial charge in [-0.15, -0.1) is 0 Å². The number of rotatable bonds is 4. The van der Waals surface area contributed by atoms with Gasteiger partial charge in [0.2, 0.25) is 0 Å². The average molecular weight is 333 g/mol. The summed E-state index contributed by atoms with van der Waals surface area (Å²) in [5.41, 5.74) is 6.99. The molecule has 0 aliphatic carbocycles. The van der Waals surface area contributed by atoms with Crippen LogP contribution in [0.4, 0.5) is 5.82 Å². The third-order valence-corrected chi connectivity index (χ3v) is 3.46. The summed E-state index contributed by atoms with van der Waals surface area (Å²) >= 11 is 0. The Hall–Kier alpha value is -2.48. The Morgan fingerprint density at radius 2 is 2.21 bits per heavy atom. The number of anilines is 1. The minimum atomic E-state index is -0.358. The quantitative estimate of drug-likeness (QED) is 0.675. The number of hydrogen-bond acceptors (Lipinski definition) is 7. The molecule has 2 N–H and O–H groups in total. The largest absolute Gasteiger partial charge is 0.463 e. The summed E-state index contributed by atoms with van der Waals surface area (Å²) in [4.78, 5) is 23.7. The monoisotopic (exact) mass is 333 g/mol. The van der Waals surface area contributed by atoms with Gasteiger partial charge in [0.25, 0.3) is 0 Å². The standard InChI is InChI=1S/C14H17N5O3.C2H6/c1-2-21-11(20)6-4-9-3-5-10(22-9)19-8-18-12-13(15)16-7-17-14(12)19;1-2/h4,6-10H,2-3,5H2,1H3,(H2,15,16,17);1-2H3/b6-4+;. The molecule has 0 aromatic carbocycles. The lowest BCUT2D eigenvalue weighted by atomic mass is 10.2. The molecule has 1 saturated heterocycles. The van der Waals surface area contributed by atoms with E-state index in [0.29, 0.717) is 23.6 Å². The summed E-state index contributed by atoms with van der Waals surface area (Å²) in [7, 11) is 0.